The van der Waals surface area contributed by atoms with Gasteiger partial charge in [-0.25, -0.2) is 4.79 Å². The van der Waals surface area contributed by atoms with E-state index in [0.29, 0.717) is 21.8 Å². The van der Waals surface area contributed by atoms with Crippen LogP contribution in [0.25, 0.3) is 0 Å². The Morgan fingerprint density at radius 3 is 3.00 bits per heavy atom. The molecule has 3 rings (SSSR count). The molecule has 6 nitrogen and oxygen atoms in total. The number of nitriles is 1. The summed E-state index contributed by atoms with van der Waals surface area (Å²) in [7, 11) is 0. The Kier molecular flexibility index (Phi) is 4.23. The van der Waals surface area contributed by atoms with E-state index in [0.717, 1.165) is 16.1 Å². The summed E-state index contributed by atoms with van der Waals surface area (Å²) in [5, 5.41) is 13.3. The lowest BCUT2D eigenvalue weighted by Gasteiger charge is -2.28. The zero-order chi connectivity index (χ0) is 17.3. The highest BCUT2D eigenvalue weighted by molar-refractivity contribution is 7.17. The molecule has 0 saturated heterocycles. The summed E-state index contributed by atoms with van der Waals surface area (Å²) in [5.74, 6) is -0.807. The van der Waals surface area contributed by atoms with E-state index in [1.54, 1.807) is 19.3 Å². The first-order valence-electron chi connectivity index (χ1n) is 7.45. The van der Waals surface area contributed by atoms with Crippen molar-refractivity contribution in [3.8, 4) is 6.07 Å². The highest BCUT2D eigenvalue weighted by Crippen LogP contribution is 2.49. The lowest BCUT2D eigenvalue weighted by atomic mass is 9.82. The minimum atomic E-state index is -0.410. The Morgan fingerprint density at radius 2 is 2.38 bits per heavy atom. The summed E-state index contributed by atoms with van der Waals surface area (Å²) in [6.45, 7) is 3.87. The summed E-state index contributed by atoms with van der Waals surface area (Å²) in [6.07, 6.45) is 3.37. The molecular weight excluding hydrogens is 324 g/mol. The fourth-order valence-corrected chi connectivity index (χ4v) is 3.89. The van der Waals surface area contributed by atoms with Crippen LogP contribution in [0.15, 0.2) is 35.8 Å². The van der Waals surface area contributed by atoms with Gasteiger partial charge in [-0.3, -0.25) is 4.98 Å². The van der Waals surface area contributed by atoms with Crippen molar-refractivity contribution >= 4 is 28.0 Å². The van der Waals surface area contributed by atoms with Crippen molar-refractivity contribution in [1.82, 2.24) is 4.98 Å². The maximum absolute atomic E-state index is 12.5. The average Bonchev–Trinajstić information content (AvgIpc) is 2.90. The third-order valence-corrected chi connectivity index (χ3v) is 4.92. The lowest BCUT2D eigenvalue weighted by molar-refractivity contribution is -0.138. The third-order valence-electron chi connectivity index (χ3n) is 3.88. The van der Waals surface area contributed by atoms with Gasteiger partial charge in [0.15, 0.2) is 0 Å². The van der Waals surface area contributed by atoms with Gasteiger partial charge >= 0.3 is 5.97 Å². The van der Waals surface area contributed by atoms with E-state index >= 15 is 0 Å². The molecule has 0 aromatic carbocycles. The van der Waals surface area contributed by atoms with E-state index in [1.165, 1.54) is 11.3 Å². The van der Waals surface area contributed by atoms with Gasteiger partial charge in [0.05, 0.1) is 17.9 Å². The second kappa shape index (κ2) is 6.34. The molecule has 3 N–H and O–H groups in total. The van der Waals surface area contributed by atoms with Crippen LogP contribution in [0.4, 0.5) is 10.7 Å². The molecule has 0 bridgehead atoms. The summed E-state index contributed by atoms with van der Waals surface area (Å²) in [4.78, 5) is 17.1. The minimum Gasteiger partial charge on any atom is -0.463 e. The van der Waals surface area contributed by atoms with Crippen LogP contribution in [0.3, 0.4) is 0 Å². The van der Waals surface area contributed by atoms with E-state index in [9.17, 15) is 10.1 Å². The zero-order valence-corrected chi connectivity index (χ0v) is 14.1. The molecule has 0 saturated carbocycles. The van der Waals surface area contributed by atoms with Gasteiger partial charge in [-0.05, 0) is 25.5 Å². The largest absolute Gasteiger partial charge is 0.463 e. The number of anilines is 2. The predicted octanol–water partition coefficient (Wildman–Crippen LogP) is 2.99. The fraction of sp³-hybridized carbons (Fsp3) is 0.235. The van der Waals surface area contributed by atoms with Crippen LogP contribution >= 0.6 is 11.3 Å². The molecule has 24 heavy (non-hydrogen) atoms. The minimum absolute atomic E-state index is 0.283. The Morgan fingerprint density at radius 1 is 1.58 bits per heavy atom. The highest BCUT2D eigenvalue weighted by Gasteiger charge is 2.37. The molecule has 0 unspecified atom stereocenters. The number of nitrogens with zero attached hydrogens (tertiary/aromatic N) is 2. The number of pyridine rings is 1. The van der Waals surface area contributed by atoms with Gasteiger partial charge in [0, 0.05) is 29.6 Å². The standard InChI is InChI=1S/C17H16N4O2S/c1-3-23-17(22)12-9(2)21-16-14(15(19)11(7-18)24-16)13(12)10-5-4-6-20-8-10/h4-6,8,13,21H,3,19H2,1-2H3/t13-/m0/s1. The number of aromatic nitrogens is 1. The van der Waals surface area contributed by atoms with Crippen molar-refractivity contribution < 1.29 is 9.53 Å². The second-order valence-corrected chi connectivity index (χ2v) is 6.32. The number of carbonyl (C=O) groups is 1. The Hall–Kier alpha value is -2.85. The van der Waals surface area contributed by atoms with Gasteiger partial charge in [0.25, 0.3) is 0 Å². The number of nitrogens with one attached hydrogen (secondary N) is 1. The lowest BCUT2D eigenvalue weighted by Crippen LogP contribution is -2.24. The molecule has 0 amide bonds. The van der Waals surface area contributed by atoms with E-state index < -0.39 is 11.9 Å². The molecule has 1 aliphatic rings. The van der Waals surface area contributed by atoms with Crippen LogP contribution < -0.4 is 11.1 Å². The number of allylic oxidation sites excluding steroid dienone is 1. The number of ether oxygens (including phenoxy) is 1. The molecule has 2 aromatic heterocycles. The first-order chi connectivity index (χ1) is 11.6. The quantitative estimate of drug-likeness (QED) is 0.833. The first-order valence-corrected chi connectivity index (χ1v) is 8.27. The van der Waals surface area contributed by atoms with Crippen LogP contribution in [0, 0.1) is 11.3 Å². The Bertz CT molecular complexity index is 865. The normalized spacial score (nSPS) is 16.1. The SMILES string of the molecule is CCOC(=O)C1=C(C)Nc2sc(C#N)c(N)c2[C@H]1c1cccnc1. The van der Waals surface area contributed by atoms with Crippen LogP contribution in [-0.4, -0.2) is 17.6 Å². The molecule has 0 fully saturated rings. The van der Waals surface area contributed by atoms with E-state index in [-0.39, 0.29) is 6.61 Å². The maximum Gasteiger partial charge on any atom is 0.336 e. The van der Waals surface area contributed by atoms with Crippen molar-refractivity contribution in [2.24, 2.45) is 0 Å². The number of esters is 1. The van der Waals surface area contributed by atoms with E-state index in [1.807, 2.05) is 19.1 Å². The van der Waals surface area contributed by atoms with Crippen molar-refractivity contribution in [3.63, 3.8) is 0 Å². The summed E-state index contributed by atoms with van der Waals surface area (Å²) >= 11 is 1.29. The molecule has 1 aliphatic heterocycles. The van der Waals surface area contributed by atoms with Crippen LogP contribution in [0.2, 0.25) is 0 Å². The number of nitrogens with two attached hydrogens (primary N) is 1. The Labute approximate surface area is 143 Å². The number of nitrogen functional groups attached to an aromatic ring is 1. The Balaban J connectivity index is 2.24. The third kappa shape index (κ3) is 2.51. The molecule has 0 aliphatic carbocycles. The molecule has 3 heterocycles. The van der Waals surface area contributed by atoms with Crippen LogP contribution in [-0.2, 0) is 9.53 Å². The van der Waals surface area contributed by atoms with Crippen LogP contribution in [0.5, 0.6) is 0 Å². The van der Waals surface area contributed by atoms with Crippen molar-refractivity contribution in [2.45, 2.75) is 19.8 Å². The molecule has 0 radical (unpaired) electrons. The van der Waals surface area contributed by atoms with Crippen LogP contribution in [0.1, 0.15) is 35.8 Å². The van der Waals surface area contributed by atoms with Crippen molar-refractivity contribution in [1.29, 1.82) is 5.26 Å². The molecule has 7 heteroatoms. The number of hydrogen-bond donors (Lipinski definition) is 2. The second-order valence-electron chi connectivity index (χ2n) is 5.30. The molecule has 1 atom stereocenters. The van der Waals surface area contributed by atoms with Crippen molar-refractivity contribution in [3.05, 3.63) is 51.8 Å². The topological polar surface area (TPSA) is 101 Å². The average molecular weight is 340 g/mol. The summed E-state index contributed by atoms with van der Waals surface area (Å²) < 4.78 is 5.23. The maximum atomic E-state index is 12.5. The van der Waals surface area contributed by atoms with E-state index in [4.69, 9.17) is 10.5 Å². The van der Waals surface area contributed by atoms with Crippen molar-refractivity contribution in [2.75, 3.05) is 17.7 Å². The first kappa shape index (κ1) is 16.0. The molecule has 2 aromatic rings. The van der Waals surface area contributed by atoms with Gasteiger partial charge in [-0.1, -0.05) is 6.07 Å². The molecule has 0 spiro atoms. The van der Waals surface area contributed by atoms with Gasteiger partial charge < -0.3 is 15.8 Å². The zero-order valence-electron chi connectivity index (χ0n) is 13.3. The van der Waals surface area contributed by atoms with Gasteiger partial charge in [0.1, 0.15) is 15.9 Å². The smallest absolute Gasteiger partial charge is 0.336 e. The number of carbonyl (C=O) groups excluding carboxylic acids is 1. The van der Waals surface area contributed by atoms with Gasteiger partial charge in [-0.15, -0.1) is 11.3 Å². The van der Waals surface area contributed by atoms with E-state index in [2.05, 4.69) is 16.4 Å². The fourth-order valence-electron chi connectivity index (χ4n) is 2.88. The number of hydrogen-bond acceptors (Lipinski definition) is 7. The predicted molar refractivity (Wildman–Crippen MR) is 92.5 cm³/mol. The molecular formula is C17H16N4O2S. The number of thiophene rings is 1. The monoisotopic (exact) mass is 340 g/mol. The highest BCUT2D eigenvalue weighted by atomic mass is 32.1. The van der Waals surface area contributed by atoms with Gasteiger partial charge in [0.2, 0.25) is 0 Å². The van der Waals surface area contributed by atoms with Gasteiger partial charge in [-0.2, -0.15) is 5.26 Å². The summed E-state index contributed by atoms with van der Waals surface area (Å²) in [6, 6.07) is 5.81. The number of rotatable bonds is 3. The summed E-state index contributed by atoms with van der Waals surface area (Å²) in [5.41, 5.74) is 9.34. The molecule has 122 valence electrons. The number of fused-ring (bicyclic) bond motifs is 1.